The number of rotatable bonds is 4. The second-order valence-corrected chi connectivity index (χ2v) is 7.47. The summed E-state index contributed by atoms with van der Waals surface area (Å²) < 4.78 is 15.2. The van der Waals surface area contributed by atoms with Gasteiger partial charge in [-0.1, -0.05) is 36.4 Å². The summed E-state index contributed by atoms with van der Waals surface area (Å²) in [5, 5.41) is 9.31. The van der Waals surface area contributed by atoms with Crippen LogP contribution in [0.5, 0.6) is 0 Å². The number of thioether (sulfide) groups is 1. The molecule has 0 aliphatic heterocycles. The molecule has 132 valence electrons. The molecule has 1 atom stereocenters. The van der Waals surface area contributed by atoms with Crippen molar-refractivity contribution in [1.29, 1.82) is 0 Å². The molecule has 1 saturated carbocycles. The van der Waals surface area contributed by atoms with Gasteiger partial charge >= 0.3 is 0 Å². The van der Waals surface area contributed by atoms with Crippen LogP contribution in [-0.2, 0) is 4.79 Å². The van der Waals surface area contributed by atoms with Crippen LogP contribution in [-0.4, -0.2) is 25.8 Å². The molecule has 4 nitrogen and oxygen atoms in total. The average molecular weight is 367 g/mol. The smallest absolute Gasteiger partial charge is 0.196 e. The maximum Gasteiger partial charge on any atom is 0.196 e. The first-order chi connectivity index (χ1) is 12.7. The van der Waals surface area contributed by atoms with Gasteiger partial charge in [-0.2, -0.15) is 0 Å². The lowest BCUT2D eigenvalue weighted by atomic mass is 9.99. The minimum atomic E-state index is -0.290. The van der Waals surface area contributed by atoms with E-state index in [1.807, 2.05) is 34.9 Å². The predicted molar refractivity (Wildman–Crippen MR) is 99.9 cm³/mol. The van der Waals surface area contributed by atoms with Gasteiger partial charge in [-0.05, 0) is 49.2 Å². The quantitative estimate of drug-likeness (QED) is 0.672. The maximum atomic E-state index is 13.3. The second kappa shape index (κ2) is 7.41. The van der Waals surface area contributed by atoms with Gasteiger partial charge in [0.05, 0.1) is 5.25 Å². The first-order valence-electron chi connectivity index (χ1n) is 8.68. The lowest BCUT2D eigenvalue weighted by Crippen LogP contribution is -2.21. The van der Waals surface area contributed by atoms with E-state index in [2.05, 4.69) is 10.2 Å². The normalized spacial score (nSPS) is 17.4. The van der Waals surface area contributed by atoms with Gasteiger partial charge in [0.1, 0.15) is 11.6 Å². The monoisotopic (exact) mass is 367 g/mol. The van der Waals surface area contributed by atoms with Crippen molar-refractivity contribution >= 4 is 17.5 Å². The van der Waals surface area contributed by atoms with Crippen LogP contribution in [0.2, 0.25) is 0 Å². The fourth-order valence-electron chi connectivity index (χ4n) is 3.14. The van der Waals surface area contributed by atoms with E-state index in [0.717, 1.165) is 30.5 Å². The van der Waals surface area contributed by atoms with Crippen LogP contribution in [0.1, 0.15) is 25.7 Å². The lowest BCUT2D eigenvalue weighted by Gasteiger charge is -2.19. The first kappa shape index (κ1) is 17.0. The van der Waals surface area contributed by atoms with Gasteiger partial charge < -0.3 is 0 Å². The molecule has 3 aromatic rings. The van der Waals surface area contributed by atoms with Gasteiger partial charge in [-0.15, -0.1) is 10.2 Å². The van der Waals surface area contributed by atoms with Crippen LogP contribution in [0.25, 0.3) is 17.1 Å². The molecule has 6 heteroatoms. The summed E-state index contributed by atoms with van der Waals surface area (Å²) in [6.07, 6.45) is 3.55. The maximum absolute atomic E-state index is 13.3. The van der Waals surface area contributed by atoms with Crippen molar-refractivity contribution in [2.75, 3.05) is 0 Å². The Kier molecular flexibility index (Phi) is 4.84. The lowest BCUT2D eigenvalue weighted by molar-refractivity contribution is -0.119. The van der Waals surface area contributed by atoms with E-state index in [9.17, 15) is 9.18 Å². The summed E-state index contributed by atoms with van der Waals surface area (Å²) in [4.78, 5) is 12.2. The fraction of sp³-hybridized carbons (Fsp3) is 0.250. The summed E-state index contributed by atoms with van der Waals surface area (Å²) in [5.74, 6) is 0.635. The largest absolute Gasteiger partial charge is 0.298 e. The van der Waals surface area contributed by atoms with Crippen molar-refractivity contribution in [3.63, 3.8) is 0 Å². The Bertz CT molecular complexity index is 909. The Morgan fingerprint density at radius 2 is 1.77 bits per heavy atom. The molecule has 0 saturated heterocycles. The van der Waals surface area contributed by atoms with E-state index >= 15 is 0 Å². The Morgan fingerprint density at radius 3 is 2.50 bits per heavy atom. The predicted octanol–water partition coefficient (Wildman–Crippen LogP) is 4.68. The average Bonchev–Trinajstić information content (AvgIpc) is 3.08. The number of hydrogen-bond donors (Lipinski definition) is 0. The number of carbonyl (C=O) groups is 1. The molecule has 2 aromatic carbocycles. The second-order valence-electron chi connectivity index (χ2n) is 6.30. The number of Topliss-reactive ketones (excluding diaryl/α,β-unsaturated/α-hetero) is 1. The standard InChI is InChI=1S/C20H18FN3OS/c21-15-12-10-14(11-13-15)19-22-23-20(24(19)16-6-2-1-3-7-16)26-18-9-5-4-8-17(18)25/h1-3,6-7,10-13,18H,4-5,8-9H2/t18-/m1/s1. The van der Waals surface area contributed by atoms with Crippen LogP contribution < -0.4 is 0 Å². The number of para-hydroxylation sites is 1. The highest BCUT2D eigenvalue weighted by atomic mass is 32.2. The van der Waals surface area contributed by atoms with Crippen LogP contribution in [0.3, 0.4) is 0 Å². The number of aromatic nitrogens is 3. The highest BCUT2D eigenvalue weighted by Crippen LogP contribution is 2.34. The molecule has 0 N–H and O–H groups in total. The molecule has 1 aromatic heterocycles. The number of carbonyl (C=O) groups excluding carboxylic acids is 1. The van der Waals surface area contributed by atoms with E-state index < -0.39 is 0 Å². The fourth-order valence-corrected chi connectivity index (χ4v) is 4.32. The van der Waals surface area contributed by atoms with Gasteiger partial charge in [-0.25, -0.2) is 4.39 Å². The first-order valence-corrected chi connectivity index (χ1v) is 9.56. The Hall–Kier alpha value is -2.47. The van der Waals surface area contributed by atoms with Crippen molar-refractivity contribution in [2.45, 2.75) is 36.1 Å². The van der Waals surface area contributed by atoms with Crippen molar-refractivity contribution in [1.82, 2.24) is 14.8 Å². The number of ketones is 1. The molecule has 1 aliphatic carbocycles. The number of benzene rings is 2. The molecular weight excluding hydrogens is 349 g/mol. The molecule has 0 radical (unpaired) electrons. The van der Waals surface area contributed by atoms with E-state index in [0.29, 0.717) is 17.4 Å². The molecule has 0 unspecified atom stereocenters. The third kappa shape index (κ3) is 3.42. The zero-order valence-electron chi connectivity index (χ0n) is 14.1. The van der Waals surface area contributed by atoms with Gasteiger partial charge in [-0.3, -0.25) is 9.36 Å². The molecule has 1 fully saturated rings. The Morgan fingerprint density at radius 1 is 1.00 bits per heavy atom. The minimum Gasteiger partial charge on any atom is -0.298 e. The minimum absolute atomic E-state index is 0.0727. The van der Waals surface area contributed by atoms with Crippen molar-refractivity contribution < 1.29 is 9.18 Å². The molecule has 1 heterocycles. The summed E-state index contributed by atoms with van der Waals surface area (Å²) in [7, 11) is 0. The van der Waals surface area contributed by atoms with E-state index in [1.165, 1.54) is 23.9 Å². The summed E-state index contributed by atoms with van der Waals surface area (Å²) in [5.41, 5.74) is 1.70. The molecule has 26 heavy (non-hydrogen) atoms. The Balaban J connectivity index is 1.77. The highest BCUT2D eigenvalue weighted by molar-refractivity contribution is 8.00. The summed E-state index contributed by atoms with van der Waals surface area (Å²) in [6.45, 7) is 0. The number of halogens is 1. The third-order valence-corrected chi connectivity index (χ3v) is 5.75. The molecule has 1 aliphatic rings. The highest BCUT2D eigenvalue weighted by Gasteiger charge is 2.26. The zero-order valence-corrected chi connectivity index (χ0v) is 15.0. The van der Waals surface area contributed by atoms with Crippen molar-refractivity contribution in [3.05, 3.63) is 60.4 Å². The molecule has 0 bridgehead atoms. The van der Waals surface area contributed by atoms with Crippen molar-refractivity contribution in [3.8, 4) is 17.1 Å². The van der Waals surface area contributed by atoms with E-state index in [4.69, 9.17) is 0 Å². The molecule has 4 rings (SSSR count). The summed E-state index contributed by atoms with van der Waals surface area (Å²) >= 11 is 1.48. The van der Waals surface area contributed by atoms with Crippen LogP contribution in [0.15, 0.2) is 59.8 Å². The van der Waals surface area contributed by atoms with Gasteiger partial charge in [0.2, 0.25) is 0 Å². The van der Waals surface area contributed by atoms with Crippen LogP contribution in [0, 0.1) is 5.82 Å². The topological polar surface area (TPSA) is 47.8 Å². The van der Waals surface area contributed by atoms with Gasteiger partial charge in [0, 0.05) is 17.7 Å². The number of hydrogen-bond acceptors (Lipinski definition) is 4. The third-order valence-electron chi connectivity index (χ3n) is 4.50. The number of nitrogens with zero attached hydrogens (tertiary/aromatic N) is 3. The van der Waals surface area contributed by atoms with Crippen LogP contribution in [0.4, 0.5) is 4.39 Å². The van der Waals surface area contributed by atoms with Crippen LogP contribution >= 0.6 is 11.8 Å². The zero-order chi connectivity index (χ0) is 17.9. The van der Waals surface area contributed by atoms with E-state index in [1.54, 1.807) is 12.1 Å². The van der Waals surface area contributed by atoms with Crippen molar-refractivity contribution in [2.24, 2.45) is 0 Å². The van der Waals surface area contributed by atoms with Gasteiger partial charge in [0.25, 0.3) is 0 Å². The van der Waals surface area contributed by atoms with Gasteiger partial charge in [0.15, 0.2) is 11.0 Å². The molecule has 0 spiro atoms. The SMILES string of the molecule is O=C1CCCC[C@H]1Sc1nnc(-c2ccc(F)cc2)n1-c1ccccc1. The van der Waals surface area contributed by atoms with E-state index in [-0.39, 0.29) is 16.9 Å². The summed E-state index contributed by atoms with van der Waals surface area (Å²) in [6, 6.07) is 16.0. The molecular formula is C20H18FN3OS. The Labute approximate surface area is 155 Å². The molecule has 0 amide bonds.